The van der Waals surface area contributed by atoms with Gasteiger partial charge in [-0.2, -0.15) is 0 Å². The van der Waals surface area contributed by atoms with Crippen LogP contribution in [0.2, 0.25) is 0 Å². The molecule has 0 saturated carbocycles. The number of rotatable bonds is 11. The minimum absolute atomic E-state index is 0.142. The maximum absolute atomic E-state index is 11.9. The van der Waals surface area contributed by atoms with Gasteiger partial charge in [0, 0.05) is 12.0 Å². The second kappa shape index (κ2) is 10.5. The van der Waals surface area contributed by atoms with Crippen LogP contribution < -0.4 is 0 Å². The van der Waals surface area contributed by atoms with Gasteiger partial charge in [-0.3, -0.25) is 4.79 Å². The summed E-state index contributed by atoms with van der Waals surface area (Å²) in [6, 6.07) is 6.64. The van der Waals surface area contributed by atoms with E-state index < -0.39 is 0 Å². The van der Waals surface area contributed by atoms with Gasteiger partial charge in [0.2, 0.25) is 0 Å². The van der Waals surface area contributed by atoms with Gasteiger partial charge in [-0.1, -0.05) is 70.4 Å². The van der Waals surface area contributed by atoms with Crippen LogP contribution in [0, 0.1) is 0 Å². The van der Waals surface area contributed by atoms with E-state index in [9.17, 15) is 9.90 Å². The van der Waals surface area contributed by atoms with Crippen LogP contribution >= 0.6 is 0 Å². The molecule has 2 nitrogen and oxygen atoms in total. The van der Waals surface area contributed by atoms with Gasteiger partial charge in [-0.25, -0.2) is 0 Å². The van der Waals surface area contributed by atoms with Crippen molar-refractivity contribution in [3.63, 3.8) is 0 Å². The maximum Gasteiger partial charge on any atom is 0.163 e. The summed E-state index contributed by atoms with van der Waals surface area (Å²) in [6.45, 7) is 2.24. The van der Waals surface area contributed by atoms with E-state index >= 15 is 0 Å². The number of benzene rings is 1. The Hall–Kier alpha value is -1.31. The van der Waals surface area contributed by atoms with E-state index in [2.05, 4.69) is 6.92 Å². The monoisotopic (exact) mass is 276 g/mol. The average Bonchev–Trinajstić information content (AvgIpc) is 2.45. The molecule has 0 atom stereocenters. The van der Waals surface area contributed by atoms with E-state index in [1.54, 1.807) is 24.3 Å². The number of unbranched alkanes of at least 4 members (excludes halogenated alkanes) is 8. The molecule has 0 radical (unpaired) electrons. The van der Waals surface area contributed by atoms with Crippen molar-refractivity contribution in [2.45, 2.75) is 71.1 Å². The Labute approximate surface area is 123 Å². The topological polar surface area (TPSA) is 37.3 Å². The third kappa shape index (κ3) is 7.32. The Morgan fingerprint density at radius 2 is 1.55 bits per heavy atom. The number of carbonyl (C=O) groups is 1. The van der Waals surface area contributed by atoms with Crippen LogP contribution in [0.4, 0.5) is 0 Å². The van der Waals surface area contributed by atoms with E-state index in [1.807, 2.05) is 0 Å². The van der Waals surface area contributed by atoms with Crippen LogP contribution in [0.5, 0.6) is 5.75 Å². The molecule has 0 unspecified atom stereocenters. The fourth-order valence-electron chi connectivity index (χ4n) is 2.42. The van der Waals surface area contributed by atoms with Crippen molar-refractivity contribution < 1.29 is 9.90 Å². The molecular weight excluding hydrogens is 248 g/mol. The average molecular weight is 276 g/mol. The minimum Gasteiger partial charge on any atom is -0.508 e. The third-order valence-corrected chi connectivity index (χ3v) is 3.68. The summed E-state index contributed by atoms with van der Waals surface area (Å²) in [4.78, 5) is 11.9. The Balaban J connectivity index is 2.02. The van der Waals surface area contributed by atoms with Gasteiger partial charge in [-0.05, 0) is 18.6 Å². The standard InChI is InChI=1S/C18H28O2/c1-2-3-4-5-6-7-8-9-10-14-18(20)16-12-11-13-17(19)15-16/h11-13,15,19H,2-10,14H2,1H3. The second-order valence-electron chi connectivity index (χ2n) is 5.55. The summed E-state index contributed by atoms with van der Waals surface area (Å²) in [7, 11) is 0. The number of Topliss-reactive ketones (excluding diaryl/α,β-unsaturated/α-hetero) is 1. The van der Waals surface area contributed by atoms with Gasteiger partial charge >= 0.3 is 0 Å². The predicted octanol–water partition coefficient (Wildman–Crippen LogP) is 5.50. The van der Waals surface area contributed by atoms with Crippen molar-refractivity contribution in [1.82, 2.24) is 0 Å². The summed E-state index contributed by atoms with van der Waals surface area (Å²) >= 11 is 0. The molecule has 1 aromatic carbocycles. The normalized spacial score (nSPS) is 10.7. The zero-order valence-corrected chi connectivity index (χ0v) is 12.7. The number of phenolic OH excluding ortho intramolecular Hbond substituents is 1. The highest BCUT2D eigenvalue weighted by Crippen LogP contribution is 2.15. The van der Waals surface area contributed by atoms with E-state index in [1.165, 1.54) is 44.9 Å². The lowest BCUT2D eigenvalue weighted by Gasteiger charge is -2.03. The lowest BCUT2D eigenvalue weighted by Crippen LogP contribution is -1.98. The van der Waals surface area contributed by atoms with Gasteiger partial charge in [0.1, 0.15) is 5.75 Å². The molecule has 0 saturated heterocycles. The second-order valence-corrected chi connectivity index (χ2v) is 5.55. The molecule has 0 aromatic heterocycles. The molecule has 0 spiro atoms. The molecule has 1 N–H and O–H groups in total. The fourth-order valence-corrected chi connectivity index (χ4v) is 2.42. The highest BCUT2D eigenvalue weighted by molar-refractivity contribution is 5.96. The van der Waals surface area contributed by atoms with Gasteiger partial charge in [0.15, 0.2) is 5.78 Å². The predicted molar refractivity (Wildman–Crippen MR) is 84.3 cm³/mol. The van der Waals surface area contributed by atoms with Crippen molar-refractivity contribution >= 4 is 5.78 Å². The van der Waals surface area contributed by atoms with E-state index in [0.717, 1.165) is 12.8 Å². The van der Waals surface area contributed by atoms with E-state index in [4.69, 9.17) is 0 Å². The maximum atomic E-state index is 11.9. The summed E-state index contributed by atoms with van der Waals surface area (Å²) in [5.74, 6) is 0.312. The van der Waals surface area contributed by atoms with Crippen LogP contribution in [-0.2, 0) is 0 Å². The molecule has 0 aliphatic heterocycles. The molecule has 0 fully saturated rings. The first-order valence-corrected chi connectivity index (χ1v) is 8.06. The number of aromatic hydroxyl groups is 1. The first-order chi connectivity index (χ1) is 9.74. The lowest BCUT2D eigenvalue weighted by atomic mass is 10.0. The van der Waals surface area contributed by atoms with Gasteiger partial charge < -0.3 is 5.11 Å². The Kier molecular flexibility index (Phi) is 8.77. The largest absolute Gasteiger partial charge is 0.508 e. The van der Waals surface area contributed by atoms with Crippen molar-refractivity contribution in [3.05, 3.63) is 29.8 Å². The molecule has 0 heterocycles. The number of ketones is 1. The molecule has 0 amide bonds. The smallest absolute Gasteiger partial charge is 0.163 e. The Bertz CT molecular complexity index is 385. The van der Waals surface area contributed by atoms with Crippen LogP contribution in [0.3, 0.4) is 0 Å². The fraction of sp³-hybridized carbons (Fsp3) is 0.611. The zero-order valence-electron chi connectivity index (χ0n) is 12.7. The molecule has 0 aliphatic rings. The van der Waals surface area contributed by atoms with Crippen molar-refractivity contribution in [1.29, 1.82) is 0 Å². The lowest BCUT2D eigenvalue weighted by molar-refractivity contribution is 0.0978. The van der Waals surface area contributed by atoms with Gasteiger partial charge in [0.25, 0.3) is 0 Å². The van der Waals surface area contributed by atoms with Gasteiger partial charge in [0.05, 0.1) is 0 Å². The van der Waals surface area contributed by atoms with Crippen molar-refractivity contribution in [2.75, 3.05) is 0 Å². The minimum atomic E-state index is 0.142. The van der Waals surface area contributed by atoms with Crippen LogP contribution in [0.15, 0.2) is 24.3 Å². The van der Waals surface area contributed by atoms with Crippen LogP contribution in [-0.4, -0.2) is 10.9 Å². The summed E-state index contributed by atoms with van der Waals surface area (Å²) in [5.41, 5.74) is 0.629. The Morgan fingerprint density at radius 3 is 2.15 bits per heavy atom. The highest BCUT2D eigenvalue weighted by atomic mass is 16.3. The molecule has 1 rings (SSSR count). The van der Waals surface area contributed by atoms with Gasteiger partial charge in [-0.15, -0.1) is 0 Å². The molecule has 0 bridgehead atoms. The molecule has 20 heavy (non-hydrogen) atoms. The first kappa shape index (κ1) is 16.7. The van der Waals surface area contributed by atoms with Crippen LogP contribution in [0.1, 0.15) is 81.5 Å². The summed E-state index contributed by atoms with van der Waals surface area (Å²) < 4.78 is 0. The first-order valence-electron chi connectivity index (χ1n) is 8.06. The quantitative estimate of drug-likeness (QED) is 0.428. The molecule has 112 valence electrons. The molecular formula is C18H28O2. The summed E-state index contributed by atoms with van der Waals surface area (Å²) in [5, 5.41) is 9.34. The number of carbonyl (C=O) groups excluding carboxylic acids is 1. The van der Waals surface area contributed by atoms with Crippen molar-refractivity contribution in [3.8, 4) is 5.75 Å². The number of hydrogen-bond donors (Lipinski definition) is 1. The van der Waals surface area contributed by atoms with E-state index in [0.29, 0.717) is 12.0 Å². The SMILES string of the molecule is CCCCCCCCCCCC(=O)c1cccc(O)c1. The van der Waals surface area contributed by atoms with E-state index in [-0.39, 0.29) is 11.5 Å². The highest BCUT2D eigenvalue weighted by Gasteiger charge is 2.05. The Morgan fingerprint density at radius 1 is 0.950 bits per heavy atom. The molecule has 2 heteroatoms. The molecule has 0 aliphatic carbocycles. The number of hydrogen-bond acceptors (Lipinski definition) is 2. The third-order valence-electron chi connectivity index (χ3n) is 3.68. The summed E-state index contributed by atoms with van der Waals surface area (Å²) in [6.07, 6.45) is 11.9. The van der Waals surface area contributed by atoms with Crippen LogP contribution in [0.25, 0.3) is 0 Å². The number of phenols is 1. The zero-order chi connectivity index (χ0) is 14.6. The molecule has 1 aromatic rings. The van der Waals surface area contributed by atoms with Crippen molar-refractivity contribution in [2.24, 2.45) is 0 Å².